The molecule has 0 N–H and O–H groups in total. The van der Waals surface area contributed by atoms with Gasteiger partial charge in [0.1, 0.15) is 13.2 Å². The Kier molecular flexibility index (Phi) is 64.8. The van der Waals surface area contributed by atoms with Crippen molar-refractivity contribution in [3.05, 3.63) is 146 Å². The van der Waals surface area contributed by atoms with E-state index in [1.165, 1.54) is 109 Å². The molecule has 0 fully saturated rings. The Balaban J connectivity index is 4.28. The lowest BCUT2D eigenvalue weighted by Gasteiger charge is -2.18. The highest BCUT2D eigenvalue weighted by atomic mass is 16.6. The second-order valence-corrected chi connectivity index (χ2v) is 22.0. The molecule has 82 heavy (non-hydrogen) atoms. The molecule has 0 heterocycles. The Morgan fingerprint density at radius 1 is 0.256 bits per heavy atom. The molecule has 0 spiro atoms. The molecule has 1 unspecified atom stereocenters. The molecule has 0 aliphatic carbocycles. The van der Waals surface area contributed by atoms with E-state index in [0.29, 0.717) is 19.3 Å². The molecule has 0 aliphatic rings. The van der Waals surface area contributed by atoms with Gasteiger partial charge in [0.2, 0.25) is 0 Å². The number of rotatable bonds is 60. The fraction of sp³-hybridized carbons (Fsp3) is 0.645. The van der Waals surface area contributed by atoms with Crippen LogP contribution in [-0.4, -0.2) is 37.2 Å². The summed E-state index contributed by atoms with van der Waals surface area (Å²) in [4.78, 5) is 38.3. The van der Waals surface area contributed by atoms with Crippen LogP contribution >= 0.6 is 0 Å². The van der Waals surface area contributed by atoms with Crippen LogP contribution in [0.2, 0.25) is 0 Å². The quantitative estimate of drug-likeness (QED) is 0.0261. The zero-order chi connectivity index (χ0) is 59.2. The molecule has 0 aliphatic heterocycles. The summed E-state index contributed by atoms with van der Waals surface area (Å²) in [6.45, 7) is 6.40. The largest absolute Gasteiger partial charge is 0.462 e. The summed E-state index contributed by atoms with van der Waals surface area (Å²) in [5.74, 6) is -0.902. The lowest BCUT2D eigenvalue weighted by molar-refractivity contribution is -0.167. The first-order valence-corrected chi connectivity index (χ1v) is 33.8. The minimum absolute atomic E-state index is 0.0863. The van der Waals surface area contributed by atoms with E-state index in [9.17, 15) is 14.4 Å². The maximum Gasteiger partial charge on any atom is 0.306 e. The van der Waals surface area contributed by atoms with E-state index in [0.717, 1.165) is 148 Å². The van der Waals surface area contributed by atoms with Crippen molar-refractivity contribution in [2.24, 2.45) is 0 Å². The van der Waals surface area contributed by atoms with Gasteiger partial charge in [-0.15, -0.1) is 0 Å². The highest BCUT2D eigenvalue weighted by Crippen LogP contribution is 2.16. The third-order valence-electron chi connectivity index (χ3n) is 14.1. The van der Waals surface area contributed by atoms with Gasteiger partial charge >= 0.3 is 17.9 Å². The van der Waals surface area contributed by atoms with Gasteiger partial charge in [-0.2, -0.15) is 0 Å². The van der Waals surface area contributed by atoms with Crippen LogP contribution in [0.1, 0.15) is 297 Å². The first-order valence-electron chi connectivity index (χ1n) is 33.8. The highest BCUT2D eigenvalue weighted by molar-refractivity contribution is 5.71. The number of unbranched alkanes of at least 4 members (excludes halogenated alkanes) is 25. The van der Waals surface area contributed by atoms with Crippen LogP contribution in [0, 0.1) is 0 Å². The summed E-state index contributed by atoms with van der Waals surface area (Å²) in [5, 5.41) is 0. The van der Waals surface area contributed by atoms with Crippen LogP contribution in [0.25, 0.3) is 0 Å². The minimum atomic E-state index is -0.791. The molecule has 6 heteroatoms. The Morgan fingerprint density at radius 3 is 0.744 bits per heavy atom. The SMILES string of the molecule is CC/C=C\C/C=C\C/C=C\C/C=C\C/C=C\C/C=C\C/C=C\CCCCCCCCCCCC(=O)OCC(COC(=O)CCCCCCCCCCCC)OC(=O)CCCCCCCCC/C=C\C/C=C\C/C=C\C/C=C\C/C=C\CC. The van der Waals surface area contributed by atoms with E-state index in [-0.39, 0.29) is 31.1 Å². The van der Waals surface area contributed by atoms with Crippen LogP contribution in [0.15, 0.2) is 146 Å². The summed E-state index contributed by atoms with van der Waals surface area (Å²) in [5.41, 5.74) is 0. The van der Waals surface area contributed by atoms with Crippen molar-refractivity contribution < 1.29 is 28.6 Å². The van der Waals surface area contributed by atoms with E-state index in [4.69, 9.17) is 14.2 Å². The second-order valence-electron chi connectivity index (χ2n) is 22.0. The summed E-state index contributed by atoms with van der Waals surface area (Å²) in [6, 6.07) is 0. The predicted octanol–water partition coefficient (Wildman–Crippen LogP) is 23.5. The number of carbonyl (C=O) groups excluding carboxylic acids is 3. The van der Waals surface area contributed by atoms with E-state index in [1.54, 1.807) is 0 Å². The molecular weight excluding hydrogens is 1010 g/mol. The number of hydrogen-bond acceptors (Lipinski definition) is 6. The van der Waals surface area contributed by atoms with Crippen LogP contribution in [-0.2, 0) is 28.6 Å². The first kappa shape index (κ1) is 77.3. The second kappa shape index (κ2) is 68.8. The van der Waals surface area contributed by atoms with E-state index >= 15 is 0 Å². The van der Waals surface area contributed by atoms with E-state index in [1.807, 2.05) is 0 Å². The predicted molar refractivity (Wildman–Crippen MR) is 357 cm³/mol. The highest BCUT2D eigenvalue weighted by Gasteiger charge is 2.19. The molecule has 0 saturated carbocycles. The van der Waals surface area contributed by atoms with Crippen molar-refractivity contribution in [3.63, 3.8) is 0 Å². The van der Waals surface area contributed by atoms with Gasteiger partial charge < -0.3 is 14.2 Å². The standard InChI is InChI=1S/C76H124O6/c1-4-7-10-13-16-19-22-24-26-28-30-32-34-35-36-37-38-39-40-41-43-44-46-48-50-52-54-57-60-63-66-69-75(78)81-72-73(71-80-74(77)68-65-62-59-56-21-18-15-12-9-6-3)82-76(79)70-67-64-61-58-55-53-51-49-47-45-42-33-31-29-27-25-23-20-17-14-11-8-5-2/h7-8,10-11,16-17,19-20,24-27,30-33,35-36,38-39,41,43,45,47,73H,4-6,9,12-15,18,21-23,28-29,34,37,40,42,44,46,48-72H2,1-3H3/b10-7-,11-8-,19-16-,20-17-,26-24-,27-25-,32-30-,33-31-,36-35-,39-38-,43-41-,47-45-. The number of ether oxygens (including phenoxy) is 3. The van der Waals surface area contributed by atoms with Gasteiger partial charge in [0, 0.05) is 19.3 Å². The van der Waals surface area contributed by atoms with E-state index < -0.39 is 6.10 Å². The van der Waals surface area contributed by atoms with Crippen LogP contribution in [0.4, 0.5) is 0 Å². The Bertz CT molecular complexity index is 1780. The normalized spacial score (nSPS) is 13.1. The summed E-state index contributed by atoms with van der Waals surface area (Å²) in [6.07, 6.45) is 98.6. The molecule has 1 atom stereocenters. The molecule has 464 valence electrons. The third kappa shape index (κ3) is 66.1. The van der Waals surface area contributed by atoms with Gasteiger partial charge in [-0.25, -0.2) is 0 Å². The zero-order valence-electron chi connectivity index (χ0n) is 53.2. The van der Waals surface area contributed by atoms with Crippen molar-refractivity contribution in [2.45, 2.75) is 303 Å². The van der Waals surface area contributed by atoms with Crippen molar-refractivity contribution in [3.8, 4) is 0 Å². The molecule has 0 aromatic heterocycles. The lowest BCUT2D eigenvalue weighted by Crippen LogP contribution is -2.30. The van der Waals surface area contributed by atoms with Crippen LogP contribution in [0.3, 0.4) is 0 Å². The Hall–Kier alpha value is -4.71. The zero-order valence-corrected chi connectivity index (χ0v) is 53.2. The molecule has 0 amide bonds. The minimum Gasteiger partial charge on any atom is -0.462 e. The third-order valence-corrected chi connectivity index (χ3v) is 14.1. The average Bonchev–Trinajstić information content (AvgIpc) is 3.47. The maximum absolute atomic E-state index is 12.9. The smallest absolute Gasteiger partial charge is 0.306 e. The van der Waals surface area contributed by atoms with Crippen molar-refractivity contribution in [2.75, 3.05) is 13.2 Å². The van der Waals surface area contributed by atoms with Gasteiger partial charge in [-0.05, 0) is 122 Å². The average molecular weight is 1130 g/mol. The molecule has 0 rings (SSSR count). The van der Waals surface area contributed by atoms with Gasteiger partial charge in [0.05, 0.1) is 0 Å². The number of carbonyl (C=O) groups is 3. The van der Waals surface area contributed by atoms with Gasteiger partial charge in [0.25, 0.3) is 0 Å². The van der Waals surface area contributed by atoms with E-state index in [2.05, 4.69) is 167 Å². The molecule has 0 saturated heterocycles. The van der Waals surface area contributed by atoms with Gasteiger partial charge in [-0.1, -0.05) is 301 Å². The molecule has 6 nitrogen and oxygen atoms in total. The molecule has 0 aromatic carbocycles. The Morgan fingerprint density at radius 2 is 0.476 bits per heavy atom. The summed E-state index contributed by atoms with van der Waals surface area (Å²) in [7, 11) is 0. The number of esters is 3. The summed E-state index contributed by atoms with van der Waals surface area (Å²) < 4.78 is 16.9. The molecule has 0 radical (unpaired) electrons. The Labute approximate surface area is 506 Å². The van der Waals surface area contributed by atoms with Gasteiger partial charge in [0.15, 0.2) is 6.10 Å². The fourth-order valence-corrected chi connectivity index (χ4v) is 9.10. The number of hydrogen-bond donors (Lipinski definition) is 0. The first-order chi connectivity index (χ1) is 40.5. The van der Waals surface area contributed by atoms with Crippen LogP contribution in [0.5, 0.6) is 0 Å². The summed E-state index contributed by atoms with van der Waals surface area (Å²) >= 11 is 0. The molecule has 0 aromatic rings. The topological polar surface area (TPSA) is 78.9 Å². The van der Waals surface area contributed by atoms with Crippen molar-refractivity contribution in [1.29, 1.82) is 0 Å². The van der Waals surface area contributed by atoms with Crippen LogP contribution < -0.4 is 0 Å². The molecular formula is C76H124O6. The number of allylic oxidation sites excluding steroid dienone is 24. The lowest BCUT2D eigenvalue weighted by atomic mass is 10.1. The van der Waals surface area contributed by atoms with Crippen molar-refractivity contribution in [1.82, 2.24) is 0 Å². The maximum atomic E-state index is 12.9. The van der Waals surface area contributed by atoms with Gasteiger partial charge in [-0.3, -0.25) is 14.4 Å². The van der Waals surface area contributed by atoms with Crippen molar-refractivity contribution >= 4 is 17.9 Å². The molecule has 0 bridgehead atoms. The monoisotopic (exact) mass is 1130 g/mol. The fourth-order valence-electron chi connectivity index (χ4n) is 9.10.